The normalized spacial score (nSPS) is 11.8. The van der Waals surface area contributed by atoms with Crippen LogP contribution in [0.3, 0.4) is 0 Å². The molecule has 0 aliphatic heterocycles. The molecule has 0 saturated heterocycles. The number of hydrogen-bond acceptors (Lipinski definition) is 2. The molecule has 0 atom stereocenters. The second-order valence-electron chi connectivity index (χ2n) is 3.12. The highest BCUT2D eigenvalue weighted by Crippen LogP contribution is 2.15. The first kappa shape index (κ1) is 11.7. The van der Waals surface area contributed by atoms with Crippen LogP contribution in [0.5, 0.6) is 0 Å². The maximum Gasteiger partial charge on any atom is 0.0628 e. The van der Waals surface area contributed by atoms with E-state index in [1.165, 1.54) is 6.20 Å². The van der Waals surface area contributed by atoms with E-state index in [-0.39, 0.29) is 0 Å². The molecule has 0 unspecified atom stereocenters. The fourth-order valence-electron chi connectivity index (χ4n) is 1.20. The fraction of sp³-hybridized carbons (Fsp3) is 0.364. The van der Waals surface area contributed by atoms with E-state index >= 15 is 0 Å². The molecule has 72 valence electrons. The zero-order valence-corrected chi connectivity index (χ0v) is 8.81. The first-order valence-electron chi connectivity index (χ1n) is 4.32. The lowest BCUT2D eigenvalue weighted by Gasteiger charge is -2.08. The molecule has 0 fully saturated rings. The largest absolute Gasteiger partial charge is 0.405 e. The van der Waals surface area contributed by atoms with Crippen molar-refractivity contribution in [2.75, 3.05) is 0 Å². The van der Waals surface area contributed by atoms with E-state index in [9.17, 15) is 0 Å². The highest BCUT2D eigenvalue weighted by Gasteiger charge is 2.05. The van der Waals surface area contributed by atoms with Crippen LogP contribution in [0.15, 0.2) is 35.1 Å². The molecule has 0 radical (unpaired) electrons. The second kappa shape index (κ2) is 5.36. The first-order valence-corrected chi connectivity index (χ1v) is 4.32. The molecule has 0 saturated carbocycles. The summed E-state index contributed by atoms with van der Waals surface area (Å²) in [4.78, 5) is 0. The highest BCUT2D eigenvalue weighted by molar-refractivity contribution is 6.09. The molecule has 0 aromatic heterocycles. The van der Waals surface area contributed by atoms with Gasteiger partial charge in [0.15, 0.2) is 0 Å². The summed E-state index contributed by atoms with van der Waals surface area (Å²) in [5.74, 6) is 0. The van der Waals surface area contributed by atoms with Crippen molar-refractivity contribution in [2.24, 2.45) is 5.73 Å². The van der Waals surface area contributed by atoms with Gasteiger partial charge in [-0.15, -0.1) is 0 Å². The molecule has 2 nitrogen and oxygen atoms in total. The highest BCUT2D eigenvalue weighted by atomic mass is 14.5. The monoisotopic (exact) mass is 178 g/mol. The van der Waals surface area contributed by atoms with Crippen molar-refractivity contribution in [3.8, 4) is 0 Å². The molecular formula is C11H18N2. The number of rotatable bonds is 3. The van der Waals surface area contributed by atoms with Gasteiger partial charge in [0.25, 0.3) is 0 Å². The summed E-state index contributed by atoms with van der Waals surface area (Å²) >= 11 is 0. The van der Waals surface area contributed by atoms with Crippen molar-refractivity contribution in [3.05, 3.63) is 35.1 Å². The van der Waals surface area contributed by atoms with Crippen molar-refractivity contribution in [1.29, 1.82) is 5.41 Å². The van der Waals surface area contributed by atoms with Gasteiger partial charge in [0.2, 0.25) is 0 Å². The number of nitrogens with one attached hydrogen (secondary N) is 1. The SMILES string of the molecule is C/C=C(/C)C(C(=N)/C=C\N)=C(C)C. The van der Waals surface area contributed by atoms with Gasteiger partial charge in [-0.1, -0.05) is 11.6 Å². The van der Waals surface area contributed by atoms with Crippen molar-refractivity contribution >= 4 is 5.71 Å². The Balaban J connectivity index is 5.09. The van der Waals surface area contributed by atoms with Crippen LogP contribution < -0.4 is 5.73 Å². The van der Waals surface area contributed by atoms with Crippen LogP contribution in [0.25, 0.3) is 0 Å². The zero-order valence-electron chi connectivity index (χ0n) is 8.81. The molecule has 0 amide bonds. The molecule has 0 aliphatic carbocycles. The first-order chi connectivity index (χ1) is 6.04. The van der Waals surface area contributed by atoms with Gasteiger partial charge in [-0.05, 0) is 45.5 Å². The van der Waals surface area contributed by atoms with Crippen molar-refractivity contribution in [1.82, 2.24) is 0 Å². The predicted molar refractivity (Wildman–Crippen MR) is 58.9 cm³/mol. The number of allylic oxidation sites excluding steroid dienone is 5. The molecular weight excluding hydrogens is 160 g/mol. The molecule has 0 heterocycles. The standard InChI is InChI=1S/C11H18N2/c1-5-9(4)11(8(2)3)10(13)6-7-12/h5-7,13H,12H2,1-4H3/b7-6-,9-5-,13-10?. The Morgan fingerprint density at radius 1 is 1.23 bits per heavy atom. The summed E-state index contributed by atoms with van der Waals surface area (Å²) in [6, 6.07) is 0. The Bertz CT molecular complexity index is 276. The Hall–Kier alpha value is -1.31. The van der Waals surface area contributed by atoms with Crippen LogP contribution in [-0.2, 0) is 0 Å². The van der Waals surface area contributed by atoms with Crippen LogP contribution in [-0.4, -0.2) is 5.71 Å². The minimum atomic E-state index is 0.470. The van der Waals surface area contributed by atoms with Crippen LogP contribution in [0.4, 0.5) is 0 Å². The lowest BCUT2D eigenvalue weighted by molar-refractivity contribution is 1.28. The van der Waals surface area contributed by atoms with Crippen molar-refractivity contribution < 1.29 is 0 Å². The van der Waals surface area contributed by atoms with Gasteiger partial charge in [0.05, 0.1) is 5.71 Å². The number of nitrogens with two attached hydrogens (primary N) is 1. The van der Waals surface area contributed by atoms with Gasteiger partial charge in [-0.25, -0.2) is 0 Å². The van der Waals surface area contributed by atoms with Gasteiger partial charge in [-0.2, -0.15) is 0 Å². The van der Waals surface area contributed by atoms with E-state index in [1.807, 2.05) is 33.8 Å². The summed E-state index contributed by atoms with van der Waals surface area (Å²) in [7, 11) is 0. The minimum absolute atomic E-state index is 0.470. The minimum Gasteiger partial charge on any atom is -0.405 e. The quantitative estimate of drug-likeness (QED) is 0.506. The van der Waals surface area contributed by atoms with Crippen LogP contribution >= 0.6 is 0 Å². The average Bonchev–Trinajstić information content (AvgIpc) is 2.04. The van der Waals surface area contributed by atoms with E-state index < -0.39 is 0 Å². The summed E-state index contributed by atoms with van der Waals surface area (Å²) in [6.45, 7) is 7.97. The summed E-state index contributed by atoms with van der Waals surface area (Å²) in [5.41, 5.74) is 8.94. The Morgan fingerprint density at radius 3 is 2.08 bits per heavy atom. The zero-order chi connectivity index (χ0) is 10.4. The van der Waals surface area contributed by atoms with E-state index in [4.69, 9.17) is 11.1 Å². The molecule has 2 heteroatoms. The van der Waals surface area contributed by atoms with E-state index in [1.54, 1.807) is 6.08 Å². The smallest absolute Gasteiger partial charge is 0.0628 e. The average molecular weight is 178 g/mol. The third-order valence-corrected chi connectivity index (χ3v) is 1.86. The topological polar surface area (TPSA) is 49.9 Å². The maximum absolute atomic E-state index is 7.74. The van der Waals surface area contributed by atoms with Gasteiger partial charge >= 0.3 is 0 Å². The van der Waals surface area contributed by atoms with Crippen molar-refractivity contribution in [3.63, 3.8) is 0 Å². The molecule has 0 rings (SSSR count). The van der Waals surface area contributed by atoms with E-state index in [0.717, 1.165) is 16.7 Å². The molecule has 0 spiro atoms. The van der Waals surface area contributed by atoms with Gasteiger partial charge < -0.3 is 11.1 Å². The predicted octanol–water partition coefficient (Wildman–Crippen LogP) is 2.78. The Labute approximate surface area is 80.3 Å². The second-order valence-corrected chi connectivity index (χ2v) is 3.12. The Kier molecular flexibility index (Phi) is 4.82. The number of hydrogen-bond donors (Lipinski definition) is 2. The van der Waals surface area contributed by atoms with Crippen molar-refractivity contribution in [2.45, 2.75) is 27.7 Å². The van der Waals surface area contributed by atoms with Gasteiger partial charge in [0.1, 0.15) is 0 Å². The molecule has 13 heavy (non-hydrogen) atoms. The van der Waals surface area contributed by atoms with Crippen LogP contribution in [0, 0.1) is 5.41 Å². The third-order valence-electron chi connectivity index (χ3n) is 1.86. The Morgan fingerprint density at radius 2 is 1.77 bits per heavy atom. The molecule has 0 bridgehead atoms. The molecule has 0 aromatic rings. The summed E-state index contributed by atoms with van der Waals surface area (Å²) < 4.78 is 0. The molecule has 3 N–H and O–H groups in total. The third kappa shape index (κ3) is 3.28. The fourth-order valence-corrected chi connectivity index (χ4v) is 1.20. The molecule has 0 aliphatic rings. The van der Waals surface area contributed by atoms with E-state index in [0.29, 0.717) is 5.71 Å². The molecule has 0 aromatic carbocycles. The van der Waals surface area contributed by atoms with Crippen LogP contribution in [0.2, 0.25) is 0 Å². The lowest BCUT2D eigenvalue weighted by atomic mass is 9.98. The maximum atomic E-state index is 7.74. The van der Waals surface area contributed by atoms with Gasteiger partial charge in [0, 0.05) is 5.57 Å². The van der Waals surface area contributed by atoms with Crippen LogP contribution in [0.1, 0.15) is 27.7 Å². The van der Waals surface area contributed by atoms with E-state index in [2.05, 4.69) is 0 Å². The lowest BCUT2D eigenvalue weighted by Crippen LogP contribution is -2.02. The summed E-state index contributed by atoms with van der Waals surface area (Å²) in [5, 5.41) is 7.74. The summed E-state index contributed by atoms with van der Waals surface area (Å²) in [6.07, 6.45) is 5.00. The van der Waals surface area contributed by atoms with Gasteiger partial charge in [-0.3, -0.25) is 0 Å².